The summed E-state index contributed by atoms with van der Waals surface area (Å²) in [5, 5.41) is 5.97. The zero-order chi connectivity index (χ0) is 19.7. The Morgan fingerprint density at radius 3 is 2.64 bits per heavy atom. The van der Waals surface area contributed by atoms with Crippen LogP contribution in [0.15, 0.2) is 35.7 Å². The van der Waals surface area contributed by atoms with Crippen molar-refractivity contribution >= 4 is 28.2 Å². The quantitative estimate of drug-likeness (QED) is 0.745. The van der Waals surface area contributed by atoms with Gasteiger partial charge < -0.3 is 9.64 Å². The second kappa shape index (κ2) is 8.01. The Balaban J connectivity index is 1.52. The molecule has 1 aromatic carbocycles. The Bertz CT molecular complexity index is 863. The maximum Gasteiger partial charge on any atom is 0.340 e. The number of amides is 1. The van der Waals surface area contributed by atoms with Crippen LogP contribution in [0.3, 0.4) is 0 Å². The highest BCUT2D eigenvalue weighted by atomic mass is 32.1. The number of methoxy groups -OCH3 is 1. The lowest BCUT2D eigenvalue weighted by Crippen LogP contribution is -2.43. The third-order valence-corrected chi connectivity index (χ3v) is 6.67. The van der Waals surface area contributed by atoms with E-state index in [-0.39, 0.29) is 23.8 Å². The second-order valence-electron chi connectivity index (χ2n) is 7.35. The predicted octanol–water partition coefficient (Wildman–Crippen LogP) is 3.91. The molecule has 1 N–H and O–H groups in total. The average molecular weight is 402 g/mol. The first-order valence-electron chi connectivity index (χ1n) is 9.57. The zero-order valence-electron chi connectivity index (χ0n) is 15.7. The highest BCUT2D eigenvalue weighted by molar-refractivity contribution is 7.14. The van der Waals surface area contributed by atoms with Crippen molar-refractivity contribution in [2.24, 2.45) is 5.92 Å². The molecule has 28 heavy (non-hydrogen) atoms. The minimum Gasteiger partial charge on any atom is -0.465 e. The van der Waals surface area contributed by atoms with Crippen LogP contribution in [0.25, 0.3) is 0 Å². The van der Waals surface area contributed by atoms with E-state index in [9.17, 15) is 14.0 Å². The molecule has 1 amide bonds. The molecule has 1 saturated heterocycles. The summed E-state index contributed by atoms with van der Waals surface area (Å²) in [6.45, 7) is 0.557. The minimum atomic E-state index is -0.431. The van der Waals surface area contributed by atoms with Gasteiger partial charge in [0, 0.05) is 12.6 Å². The number of carbonyl (C=O) groups is 2. The Hall–Kier alpha value is -2.25. The van der Waals surface area contributed by atoms with Crippen LogP contribution >= 0.6 is 11.3 Å². The minimum absolute atomic E-state index is 0.0287. The second-order valence-corrected chi connectivity index (χ2v) is 8.24. The van der Waals surface area contributed by atoms with Gasteiger partial charge in [-0.15, -0.1) is 11.3 Å². The highest BCUT2D eigenvalue weighted by Crippen LogP contribution is 2.39. The summed E-state index contributed by atoms with van der Waals surface area (Å²) in [5.74, 6) is -0.259. The summed E-state index contributed by atoms with van der Waals surface area (Å²) in [6.07, 6.45) is 4.07. The third-order valence-electron chi connectivity index (χ3n) is 5.73. The number of carbonyl (C=O) groups excluding carboxylic acids is 2. The van der Waals surface area contributed by atoms with Crippen molar-refractivity contribution in [2.45, 2.75) is 37.8 Å². The number of benzene rings is 1. The number of nitrogens with one attached hydrogen (secondary N) is 1. The number of ether oxygens (including phenoxy) is 1. The predicted molar refractivity (Wildman–Crippen MR) is 106 cm³/mol. The molecule has 148 valence electrons. The van der Waals surface area contributed by atoms with Gasteiger partial charge in [0.25, 0.3) is 0 Å². The molecular weight excluding hydrogens is 379 g/mol. The Labute approximate surface area is 167 Å². The molecule has 0 radical (unpaired) electrons. The van der Waals surface area contributed by atoms with E-state index in [0.29, 0.717) is 29.4 Å². The van der Waals surface area contributed by atoms with Crippen LogP contribution < -0.4 is 10.2 Å². The summed E-state index contributed by atoms with van der Waals surface area (Å²) < 4.78 is 18.2. The fourth-order valence-corrected chi connectivity index (χ4v) is 4.90. The van der Waals surface area contributed by atoms with E-state index in [0.717, 1.165) is 18.4 Å². The van der Waals surface area contributed by atoms with Gasteiger partial charge in [-0.25, -0.2) is 9.18 Å². The summed E-state index contributed by atoms with van der Waals surface area (Å²) in [6, 6.07) is 7.96. The molecule has 2 atom stereocenters. The van der Waals surface area contributed by atoms with Crippen LogP contribution in [0.5, 0.6) is 0 Å². The molecule has 2 heterocycles. The highest BCUT2D eigenvalue weighted by Gasteiger charge is 2.38. The number of hydrogen-bond donors (Lipinski definition) is 1. The fraction of sp³-hybridized carbons (Fsp3) is 0.429. The van der Waals surface area contributed by atoms with Crippen LogP contribution in [0.4, 0.5) is 9.39 Å². The molecule has 0 spiro atoms. The molecule has 1 aromatic heterocycles. The number of hydrogen-bond acceptors (Lipinski definition) is 5. The standard InChI is InChI=1S/C21H23FN2O3S/c1-27-21(26)16-10-12-28-20(16)24-11-9-17(19(24)25)23-18(13-3-2-4-13)14-5-7-15(22)8-6-14/h5-8,10,12-13,17-18,23H,2-4,9,11H2,1H3. The van der Waals surface area contributed by atoms with Gasteiger partial charge in [0.1, 0.15) is 10.8 Å². The normalized spacial score (nSPS) is 20.9. The van der Waals surface area contributed by atoms with Crippen molar-refractivity contribution in [3.8, 4) is 0 Å². The molecular formula is C21H23FN2O3S. The average Bonchev–Trinajstić information content (AvgIpc) is 3.27. The lowest BCUT2D eigenvalue weighted by molar-refractivity contribution is -0.119. The lowest BCUT2D eigenvalue weighted by atomic mass is 9.77. The number of halogens is 1. The Morgan fingerprint density at radius 2 is 2.00 bits per heavy atom. The van der Waals surface area contributed by atoms with Gasteiger partial charge >= 0.3 is 5.97 Å². The van der Waals surface area contributed by atoms with Gasteiger partial charge in [-0.1, -0.05) is 18.6 Å². The molecule has 5 nitrogen and oxygen atoms in total. The monoisotopic (exact) mass is 402 g/mol. The van der Waals surface area contributed by atoms with Gasteiger partial charge in [-0.05, 0) is 54.3 Å². The van der Waals surface area contributed by atoms with E-state index in [1.54, 1.807) is 28.5 Å². The number of rotatable bonds is 6. The summed E-state index contributed by atoms with van der Waals surface area (Å²) in [4.78, 5) is 26.7. The van der Waals surface area contributed by atoms with E-state index in [1.165, 1.54) is 37.0 Å². The van der Waals surface area contributed by atoms with Crippen LogP contribution in [0.1, 0.15) is 47.6 Å². The Morgan fingerprint density at radius 1 is 1.25 bits per heavy atom. The molecule has 1 aliphatic carbocycles. The van der Waals surface area contributed by atoms with Crippen LogP contribution in [-0.4, -0.2) is 31.6 Å². The summed E-state index contributed by atoms with van der Waals surface area (Å²) >= 11 is 1.37. The molecule has 0 bridgehead atoms. The van der Waals surface area contributed by atoms with Gasteiger partial charge in [0.05, 0.1) is 18.7 Å². The maximum atomic E-state index is 13.3. The third kappa shape index (κ3) is 3.56. The van der Waals surface area contributed by atoms with E-state index in [1.807, 2.05) is 0 Å². The van der Waals surface area contributed by atoms with E-state index in [2.05, 4.69) is 5.32 Å². The smallest absolute Gasteiger partial charge is 0.340 e. The molecule has 4 rings (SSSR count). The first kappa shape index (κ1) is 19.1. The maximum absolute atomic E-state index is 13.3. The van der Waals surface area contributed by atoms with Crippen molar-refractivity contribution < 1.29 is 18.7 Å². The van der Waals surface area contributed by atoms with Crippen molar-refractivity contribution in [3.05, 3.63) is 52.7 Å². The SMILES string of the molecule is COC(=O)c1ccsc1N1CCC(NC(c2ccc(F)cc2)C2CCC2)C1=O. The first-order valence-corrected chi connectivity index (χ1v) is 10.4. The molecule has 2 fully saturated rings. The topological polar surface area (TPSA) is 58.6 Å². The zero-order valence-corrected chi connectivity index (χ0v) is 16.5. The van der Waals surface area contributed by atoms with Gasteiger partial charge in [0.2, 0.25) is 5.91 Å². The molecule has 1 saturated carbocycles. The number of nitrogens with zero attached hydrogens (tertiary/aromatic N) is 1. The molecule has 7 heteroatoms. The molecule has 2 unspecified atom stereocenters. The van der Waals surface area contributed by atoms with Crippen LogP contribution in [0.2, 0.25) is 0 Å². The van der Waals surface area contributed by atoms with Crippen LogP contribution in [-0.2, 0) is 9.53 Å². The van der Waals surface area contributed by atoms with Gasteiger partial charge in [0.15, 0.2) is 0 Å². The van der Waals surface area contributed by atoms with E-state index < -0.39 is 5.97 Å². The molecule has 1 aliphatic heterocycles. The Kier molecular flexibility index (Phi) is 5.46. The van der Waals surface area contributed by atoms with Gasteiger partial charge in [-0.2, -0.15) is 0 Å². The number of anilines is 1. The molecule has 2 aromatic rings. The largest absolute Gasteiger partial charge is 0.465 e. The van der Waals surface area contributed by atoms with Crippen LogP contribution in [0, 0.1) is 11.7 Å². The molecule has 2 aliphatic rings. The van der Waals surface area contributed by atoms with E-state index in [4.69, 9.17) is 4.74 Å². The fourth-order valence-electron chi connectivity index (χ4n) is 3.98. The van der Waals surface area contributed by atoms with Crippen molar-refractivity contribution in [2.75, 3.05) is 18.6 Å². The van der Waals surface area contributed by atoms with E-state index >= 15 is 0 Å². The first-order chi connectivity index (χ1) is 13.6. The van der Waals surface area contributed by atoms with Gasteiger partial charge in [-0.3, -0.25) is 10.1 Å². The van der Waals surface area contributed by atoms with Crippen molar-refractivity contribution in [1.29, 1.82) is 0 Å². The lowest BCUT2D eigenvalue weighted by Gasteiger charge is -2.36. The van der Waals surface area contributed by atoms with Crippen molar-refractivity contribution in [3.63, 3.8) is 0 Å². The van der Waals surface area contributed by atoms with Crippen molar-refractivity contribution in [1.82, 2.24) is 5.32 Å². The number of esters is 1. The summed E-state index contributed by atoms with van der Waals surface area (Å²) in [5.41, 5.74) is 1.44. The number of thiophene rings is 1. The summed E-state index contributed by atoms with van der Waals surface area (Å²) in [7, 11) is 1.34.